The van der Waals surface area contributed by atoms with Crippen LogP contribution in [0.15, 0.2) is 0 Å². The van der Waals surface area contributed by atoms with Crippen LogP contribution in [0.1, 0.15) is 6.92 Å². The topological polar surface area (TPSA) is 594 Å². The Balaban J connectivity index is 1.19. The van der Waals surface area contributed by atoms with Crippen LogP contribution in [-0.4, -0.2) is 379 Å². The number of aliphatic hydroxyl groups is 22. The molecule has 0 radical (unpaired) electrons. The standard InChI is InChI=1S/C44H75NO36/c1-9(52)45-17-24(59)33(15(7-51)70-38(17)68)77-42-32(67)35(23(58)16(76-42)8-69-39-31(66)34(22(57)14(6-50)71-39)78-40-29(64)25(60)18(53)10(2-46)72-40)79-43-37(28(63)21(56)12(4-48)74-43)81-44-36(27(62)20(55)13(5-49)75-44)80-41-30(65)26(61)19(54)11(3-47)73-41/h10-44,46-51,53-68H,2-8H2,1H3,(H,45,52). The molecule has 472 valence electrons. The average molecular weight is 1190 g/mol. The molecule has 7 heterocycles. The van der Waals surface area contributed by atoms with Crippen LogP contribution in [0, 0.1) is 0 Å². The number of amides is 1. The molecule has 37 heteroatoms. The molecule has 0 saturated carbocycles. The van der Waals surface area contributed by atoms with Gasteiger partial charge in [-0.2, -0.15) is 0 Å². The Morgan fingerprint density at radius 2 is 0.642 bits per heavy atom. The van der Waals surface area contributed by atoms with Gasteiger partial charge in [0.1, 0.15) is 171 Å². The van der Waals surface area contributed by atoms with Gasteiger partial charge in [0.25, 0.3) is 0 Å². The van der Waals surface area contributed by atoms with Gasteiger partial charge in [0.05, 0.1) is 46.2 Å². The lowest BCUT2D eigenvalue weighted by atomic mass is 9.94. The molecule has 0 aliphatic carbocycles. The van der Waals surface area contributed by atoms with Gasteiger partial charge < -0.3 is 179 Å². The van der Waals surface area contributed by atoms with Crippen LogP contribution in [-0.2, 0) is 66.4 Å². The van der Waals surface area contributed by atoms with Crippen molar-refractivity contribution in [2.45, 2.75) is 222 Å². The van der Waals surface area contributed by atoms with Gasteiger partial charge in [0, 0.05) is 6.92 Å². The largest absolute Gasteiger partial charge is 0.394 e. The van der Waals surface area contributed by atoms with Crippen LogP contribution in [0.5, 0.6) is 0 Å². The molecule has 0 aromatic rings. The van der Waals surface area contributed by atoms with E-state index in [0.717, 1.165) is 6.92 Å². The van der Waals surface area contributed by atoms with E-state index in [1.807, 2.05) is 0 Å². The van der Waals surface area contributed by atoms with Crippen molar-refractivity contribution in [3.8, 4) is 0 Å². The Bertz CT molecular complexity index is 1940. The van der Waals surface area contributed by atoms with Gasteiger partial charge in [0.2, 0.25) is 5.91 Å². The summed E-state index contributed by atoms with van der Waals surface area (Å²) in [5.41, 5.74) is 0. The highest BCUT2D eigenvalue weighted by Gasteiger charge is 2.59. The first-order chi connectivity index (χ1) is 38.3. The third-order valence-corrected chi connectivity index (χ3v) is 14.9. The molecule has 7 rings (SSSR count). The summed E-state index contributed by atoms with van der Waals surface area (Å²) in [5, 5.41) is 239. The number of hydrogen-bond donors (Lipinski definition) is 23. The second-order valence-electron chi connectivity index (χ2n) is 20.3. The number of rotatable bonds is 20. The Morgan fingerprint density at radius 3 is 1.09 bits per heavy atom. The maximum Gasteiger partial charge on any atom is 0.217 e. The molecule has 7 aliphatic rings. The van der Waals surface area contributed by atoms with Crippen molar-refractivity contribution in [2.75, 3.05) is 46.2 Å². The van der Waals surface area contributed by atoms with Gasteiger partial charge in [0.15, 0.2) is 44.0 Å². The average Bonchev–Trinajstić information content (AvgIpc) is 3.56. The molecule has 23 N–H and O–H groups in total. The fourth-order valence-corrected chi connectivity index (χ4v) is 10.3. The first kappa shape index (κ1) is 66.6. The summed E-state index contributed by atoms with van der Waals surface area (Å²) in [7, 11) is 0. The van der Waals surface area contributed by atoms with E-state index in [4.69, 9.17) is 61.6 Å². The van der Waals surface area contributed by atoms with Crippen molar-refractivity contribution < 1.29 is 179 Å². The SMILES string of the molecule is CC(=O)NC1C(O)OC(CO)C(OC2OC(COC3OC(CO)C(O)C(OC4OC(CO)C(O)C(O)C4O)C3O)C(O)C(OC3OC(CO)C(O)C(O)C3OC3OC(CO)C(O)C(O)C3OC3OC(CO)C(O)C(O)C3O)C2O)C1O. The minimum atomic E-state index is -2.39. The highest BCUT2D eigenvalue weighted by Crippen LogP contribution is 2.38. The van der Waals surface area contributed by atoms with Gasteiger partial charge in [-0.3, -0.25) is 4.79 Å². The Hall–Kier alpha value is -1.93. The molecule has 0 spiro atoms. The molecule has 7 fully saturated rings. The lowest BCUT2D eigenvalue weighted by Gasteiger charge is -2.50. The molecule has 7 aliphatic heterocycles. The second-order valence-corrected chi connectivity index (χ2v) is 20.3. The maximum atomic E-state index is 12.1. The molecule has 0 aromatic carbocycles. The van der Waals surface area contributed by atoms with Gasteiger partial charge in [-0.15, -0.1) is 0 Å². The summed E-state index contributed by atoms with van der Waals surface area (Å²) >= 11 is 0. The fourth-order valence-electron chi connectivity index (χ4n) is 10.3. The van der Waals surface area contributed by atoms with Gasteiger partial charge in [-0.25, -0.2) is 0 Å². The van der Waals surface area contributed by atoms with E-state index in [9.17, 15) is 117 Å². The van der Waals surface area contributed by atoms with Crippen molar-refractivity contribution >= 4 is 5.91 Å². The van der Waals surface area contributed by atoms with Crippen LogP contribution in [0.2, 0.25) is 0 Å². The van der Waals surface area contributed by atoms with Gasteiger partial charge in [-0.05, 0) is 0 Å². The quantitative estimate of drug-likeness (QED) is 0.0538. The van der Waals surface area contributed by atoms with Crippen molar-refractivity contribution in [1.82, 2.24) is 5.32 Å². The molecular weight excluding hydrogens is 1120 g/mol. The summed E-state index contributed by atoms with van der Waals surface area (Å²) in [6.45, 7) is -6.06. The second kappa shape index (κ2) is 28.7. The van der Waals surface area contributed by atoms with Crippen molar-refractivity contribution in [2.24, 2.45) is 0 Å². The predicted octanol–water partition coefficient (Wildman–Crippen LogP) is -16.1. The zero-order valence-electron chi connectivity index (χ0n) is 42.7. The molecule has 81 heavy (non-hydrogen) atoms. The summed E-state index contributed by atoms with van der Waals surface area (Å²) < 4.78 is 74.2. The highest BCUT2D eigenvalue weighted by molar-refractivity contribution is 5.73. The lowest BCUT2D eigenvalue weighted by molar-refractivity contribution is -0.407. The van der Waals surface area contributed by atoms with Gasteiger partial charge >= 0.3 is 0 Å². The summed E-state index contributed by atoms with van der Waals surface area (Å²) in [5.74, 6) is -0.796. The first-order valence-corrected chi connectivity index (χ1v) is 25.6. The zero-order chi connectivity index (χ0) is 59.6. The van der Waals surface area contributed by atoms with Crippen molar-refractivity contribution in [3.63, 3.8) is 0 Å². The van der Waals surface area contributed by atoms with E-state index in [-0.39, 0.29) is 0 Å². The smallest absolute Gasteiger partial charge is 0.217 e. The minimum Gasteiger partial charge on any atom is -0.394 e. The Labute approximate surface area is 457 Å². The van der Waals surface area contributed by atoms with Crippen LogP contribution in [0.3, 0.4) is 0 Å². The molecule has 1 amide bonds. The fraction of sp³-hybridized carbons (Fsp3) is 0.977. The minimum absolute atomic E-state index is 0.796. The lowest BCUT2D eigenvalue weighted by Crippen LogP contribution is -2.69. The first-order valence-electron chi connectivity index (χ1n) is 25.6. The number of carbonyl (C=O) groups excluding carboxylic acids is 1. The van der Waals surface area contributed by atoms with E-state index >= 15 is 0 Å². The van der Waals surface area contributed by atoms with E-state index in [1.54, 1.807) is 0 Å². The predicted molar refractivity (Wildman–Crippen MR) is 243 cm³/mol. The summed E-state index contributed by atoms with van der Waals surface area (Å²) in [4.78, 5) is 12.1. The van der Waals surface area contributed by atoms with Crippen LogP contribution >= 0.6 is 0 Å². The molecule has 7 saturated heterocycles. The monoisotopic (exact) mass is 1190 g/mol. The van der Waals surface area contributed by atoms with Crippen LogP contribution in [0.4, 0.5) is 0 Å². The third-order valence-electron chi connectivity index (χ3n) is 14.9. The zero-order valence-corrected chi connectivity index (χ0v) is 42.7. The van der Waals surface area contributed by atoms with E-state index in [2.05, 4.69) is 5.32 Å². The Kier molecular flexibility index (Phi) is 23.6. The molecule has 0 aromatic heterocycles. The number of hydrogen-bond acceptors (Lipinski definition) is 36. The van der Waals surface area contributed by atoms with Crippen LogP contribution < -0.4 is 5.32 Å². The number of aliphatic hydroxyl groups excluding tert-OH is 22. The van der Waals surface area contributed by atoms with Crippen molar-refractivity contribution in [1.29, 1.82) is 0 Å². The molecule has 37 nitrogen and oxygen atoms in total. The molecule has 0 bridgehead atoms. The van der Waals surface area contributed by atoms with E-state index in [0.29, 0.717) is 0 Å². The number of carbonyl (C=O) groups is 1. The summed E-state index contributed by atoms with van der Waals surface area (Å²) in [6.07, 6.45) is -68.8. The molecular formula is C44H75NO36. The third kappa shape index (κ3) is 14.1. The highest BCUT2D eigenvalue weighted by atomic mass is 16.8. The molecule has 35 unspecified atom stereocenters. The maximum absolute atomic E-state index is 12.1. The Morgan fingerprint density at radius 1 is 0.321 bits per heavy atom. The summed E-state index contributed by atoms with van der Waals surface area (Å²) in [6, 6.07) is -1.68. The van der Waals surface area contributed by atoms with E-state index in [1.165, 1.54) is 0 Å². The number of nitrogens with one attached hydrogen (secondary N) is 1. The molecule has 35 atom stereocenters. The number of ether oxygens (including phenoxy) is 13. The van der Waals surface area contributed by atoms with Gasteiger partial charge in [-0.1, -0.05) is 0 Å². The normalized spacial score (nSPS) is 51.9. The van der Waals surface area contributed by atoms with E-state index < -0.39 is 267 Å². The van der Waals surface area contributed by atoms with Crippen molar-refractivity contribution in [3.05, 3.63) is 0 Å². The van der Waals surface area contributed by atoms with Crippen LogP contribution in [0.25, 0.3) is 0 Å².